The van der Waals surface area contributed by atoms with Crippen LogP contribution in [0.25, 0.3) is 32.2 Å². The van der Waals surface area contributed by atoms with E-state index in [1.807, 2.05) is 0 Å². The number of fused-ring (bicyclic) bond motifs is 3. The van der Waals surface area contributed by atoms with Gasteiger partial charge in [0, 0.05) is 61.1 Å². The first kappa shape index (κ1) is 31.7. The first-order valence-corrected chi connectivity index (χ1v) is 17.8. The lowest BCUT2D eigenvalue weighted by molar-refractivity contribution is 0.0887. The number of hydrogen-bond donors (Lipinski definition) is 1. The highest BCUT2D eigenvalue weighted by atomic mass is 35.5. The predicted molar refractivity (Wildman–Crippen MR) is 182 cm³/mol. The van der Waals surface area contributed by atoms with Crippen molar-refractivity contribution in [1.29, 1.82) is 0 Å². The number of likely N-dealkylation sites (tertiary alicyclic amines) is 1. The molecule has 2 atom stereocenters. The number of carbonyl (C=O) groups excluding carboxylic acids is 1. The lowest BCUT2D eigenvalue weighted by Gasteiger charge is -2.54. The van der Waals surface area contributed by atoms with Gasteiger partial charge in [0.15, 0.2) is 10.9 Å². The van der Waals surface area contributed by atoms with Crippen LogP contribution in [0.15, 0.2) is 30.9 Å². The Balaban J connectivity index is 1.07. The number of piperidine rings is 1. The molecule has 1 spiro atoms. The lowest BCUT2D eigenvalue weighted by Crippen LogP contribution is -2.61. The maximum atomic E-state index is 16.9. The van der Waals surface area contributed by atoms with Crippen LogP contribution in [0, 0.1) is 17.0 Å². The van der Waals surface area contributed by atoms with Crippen molar-refractivity contribution < 1.29 is 22.7 Å². The van der Waals surface area contributed by atoms with Gasteiger partial charge in [-0.15, -0.1) is 0 Å². The normalized spacial score (nSPS) is 23.2. The molecule has 3 aromatic heterocycles. The number of aromatic nitrogens is 6. The van der Waals surface area contributed by atoms with Crippen molar-refractivity contribution in [3.8, 4) is 17.1 Å². The molecule has 2 aromatic carbocycles. The minimum atomic E-state index is -0.934. The van der Waals surface area contributed by atoms with Crippen molar-refractivity contribution in [1.82, 2.24) is 39.5 Å². The lowest BCUT2D eigenvalue weighted by atomic mass is 9.72. The Morgan fingerprint density at radius 3 is 2.70 bits per heavy atom. The number of carbonyl (C=O) groups is 1. The first-order valence-electron chi connectivity index (χ1n) is 16.6. The van der Waals surface area contributed by atoms with Crippen molar-refractivity contribution in [2.75, 3.05) is 56.5 Å². The van der Waals surface area contributed by atoms with E-state index in [1.54, 1.807) is 11.0 Å². The number of hydrogen-bond acceptors (Lipinski definition) is 11. The van der Waals surface area contributed by atoms with E-state index < -0.39 is 23.3 Å². The summed E-state index contributed by atoms with van der Waals surface area (Å²) in [4.78, 5) is 36.3. The third-order valence-corrected chi connectivity index (χ3v) is 12.1. The predicted octanol–water partition coefficient (Wildman–Crippen LogP) is 5.54. The zero-order valence-electron chi connectivity index (χ0n) is 26.8. The summed E-state index contributed by atoms with van der Waals surface area (Å²) >= 11 is 7.81. The fourth-order valence-corrected chi connectivity index (χ4v) is 9.47. The van der Waals surface area contributed by atoms with Crippen LogP contribution in [-0.2, 0) is 0 Å². The summed E-state index contributed by atoms with van der Waals surface area (Å²) in [6.45, 7) is 3.74. The van der Waals surface area contributed by atoms with Crippen LogP contribution in [-0.4, -0.2) is 103 Å². The maximum absolute atomic E-state index is 16.9. The Morgan fingerprint density at radius 1 is 1.10 bits per heavy atom. The molecular formula is C33H32ClF3N10O2S. The van der Waals surface area contributed by atoms with Gasteiger partial charge in [0.2, 0.25) is 0 Å². The highest BCUT2D eigenvalue weighted by molar-refractivity contribution is 7.22. The summed E-state index contributed by atoms with van der Waals surface area (Å²) in [7, 11) is 0. The third kappa shape index (κ3) is 5.05. The average molecular weight is 725 g/mol. The number of thiazole rings is 1. The van der Waals surface area contributed by atoms with Crippen LogP contribution in [0.1, 0.15) is 32.1 Å². The summed E-state index contributed by atoms with van der Waals surface area (Å²) in [6, 6.07) is 4.09. The van der Waals surface area contributed by atoms with Crippen molar-refractivity contribution in [2.24, 2.45) is 5.41 Å². The van der Waals surface area contributed by atoms with E-state index in [-0.39, 0.29) is 61.1 Å². The molecule has 260 valence electrons. The van der Waals surface area contributed by atoms with Gasteiger partial charge in [-0.1, -0.05) is 22.9 Å². The van der Waals surface area contributed by atoms with Gasteiger partial charge >= 0.3 is 12.0 Å². The molecule has 4 saturated heterocycles. The number of rotatable bonds is 5. The second kappa shape index (κ2) is 11.6. The highest BCUT2D eigenvalue weighted by Gasteiger charge is 2.50. The molecule has 4 fully saturated rings. The minimum Gasteiger partial charge on any atom is -0.461 e. The molecule has 17 heteroatoms. The molecule has 9 rings (SSSR count). The minimum absolute atomic E-state index is 0.00478. The van der Waals surface area contributed by atoms with E-state index in [2.05, 4.69) is 29.9 Å². The van der Waals surface area contributed by atoms with Crippen LogP contribution in [0.4, 0.5) is 28.9 Å². The van der Waals surface area contributed by atoms with Gasteiger partial charge in [0.1, 0.15) is 42.6 Å². The molecule has 0 radical (unpaired) electrons. The van der Waals surface area contributed by atoms with E-state index in [1.165, 1.54) is 29.5 Å². The van der Waals surface area contributed by atoms with Crippen molar-refractivity contribution in [2.45, 2.75) is 43.8 Å². The second-order valence-corrected chi connectivity index (χ2v) is 15.4. The second-order valence-electron chi connectivity index (χ2n) is 13.9. The molecule has 0 saturated carbocycles. The Labute approximate surface area is 293 Å². The van der Waals surface area contributed by atoms with Crippen LogP contribution in [0.2, 0.25) is 5.02 Å². The number of alkyl halides is 1. The van der Waals surface area contributed by atoms with E-state index in [4.69, 9.17) is 27.1 Å². The van der Waals surface area contributed by atoms with Crippen molar-refractivity contribution in [3.05, 3.63) is 47.5 Å². The molecule has 1 amide bonds. The largest absolute Gasteiger partial charge is 0.461 e. The molecule has 5 aromatic rings. The molecule has 0 unspecified atom stereocenters. The number of nitrogen functional groups attached to an aromatic ring is 1. The molecule has 0 aliphatic carbocycles. The summed E-state index contributed by atoms with van der Waals surface area (Å²) < 4.78 is 53.8. The van der Waals surface area contributed by atoms with Gasteiger partial charge in [-0.3, -0.25) is 4.90 Å². The fourth-order valence-electron chi connectivity index (χ4n) is 8.41. The number of anilines is 2. The van der Waals surface area contributed by atoms with Gasteiger partial charge in [-0.25, -0.2) is 27.9 Å². The molecular weight excluding hydrogens is 693 g/mol. The van der Waals surface area contributed by atoms with Crippen LogP contribution in [0.5, 0.6) is 6.01 Å². The molecule has 50 heavy (non-hydrogen) atoms. The quantitative estimate of drug-likeness (QED) is 0.247. The Bertz CT molecular complexity index is 2150. The standard InChI is InChI=1S/C33H32ClF3N10O2S/c34-21-10-20-25(24(37)23(21)19-2-3-22(36)27-26(19)41-29(38)50-27)42-30(49-15-33-4-1-7-46(33)12-18(35)11-33)43-28(20)45-13-32(14-45)5-8-44(9-6-32)31(48)47-17-39-16-40-47/h2-3,10,16-18H,1,4-9,11-15H2,(H2,38,41)/t18-,33+/m1/s1. The highest BCUT2D eigenvalue weighted by Crippen LogP contribution is 2.47. The first-order chi connectivity index (χ1) is 24.1. The summed E-state index contributed by atoms with van der Waals surface area (Å²) in [5.74, 6) is -0.763. The topological polar surface area (TPSA) is 131 Å². The van der Waals surface area contributed by atoms with Crippen LogP contribution >= 0.6 is 22.9 Å². The van der Waals surface area contributed by atoms with Gasteiger partial charge in [0.25, 0.3) is 0 Å². The number of nitrogens with zero attached hydrogens (tertiary/aromatic N) is 9. The molecule has 4 aliphatic heterocycles. The van der Waals surface area contributed by atoms with Gasteiger partial charge < -0.3 is 20.3 Å². The number of halogens is 4. The smallest absolute Gasteiger partial charge is 0.346 e. The van der Waals surface area contributed by atoms with Gasteiger partial charge in [0.05, 0.1) is 20.8 Å². The van der Waals surface area contributed by atoms with E-state index in [0.717, 1.165) is 43.6 Å². The van der Waals surface area contributed by atoms with Gasteiger partial charge in [-0.05, 0) is 50.4 Å². The zero-order valence-corrected chi connectivity index (χ0v) is 28.4. The van der Waals surface area contributed by atoms with Crippen LogP contribution < -0.4 is 15.4 Å². The van der Waals surface area contributed by atoms with E-state index in [9.17, 15) is 13.6 Å². The zero-order chi connectivity index (χ0) is 34.4. The molecule has 0 bridgehead atoms. The Hall–Kier alpha value is -4.28. The van der Waals surface area contributed by atoms with Crippen LogP contribution in [0.3, 0.4) is 0 Å². The number of benzene rings is 2. The third-order valence-electron chi connectivity index (χ3n) is 10.9. The monoisotopic (exact) mass is 724 g/mol. The molecule has 4 aliphatic rings. The van der Waals surface area contributed by atoms with Crippen molar-refractivity contribution in [3.63, 3.8) is 0 Å². The number of nitrogens with two attached hydrogens (primary N) is 1. The van der Waals surface area contributed by atoms with E-state index in [0.29, 0.717) is 50.3 Å². The van der Waals surface area contributed by atoms with E-state index >= 15 is 4.39 Å². The van der Waals surface area contributed by atoms with Gasteiger partial charge in [-0.2, -0.15) is 19.7 Å². The fraction of sp³-hybridized carbons (Fsp3) is 0.455. The maximum Gasteiger partial charge on any atom is 0.346 e. The SMILES string of the molecule is Nc1nc2c(-c3c(Cl)cc4c(N5CC6(CCN(C(=O)n7cncn7)CC6)C5)nc(OC[C@@]56CCCN5C[C@H](F)C6)nc4c3F)ccc(F)c2s1. The average Bonchev–Trinajstić information content (AvgIpc) is 3.88. The summed E-state index contributed by atoms with van der Waals surface area (Å²) in [5.41, 5.74) is 5.91. The molecule has 2 N–H and O–H groups in total. The number of amides is 1. The summed E-state index contributed by atoms with van der Waals surface area (Å²) in [5, 5.41) is 4.60. The summed E-state index contributed by atoms with van der Waals surface area (Å²) in [6.07, 6.45) is 5.45. The Morgan fingerprint density at radius 2 is 1.92 bits per heavy atom. The Kier molecular flexibility index (Phi) is 7.37. The van der Waals surface area contributed by atoms with Crippen molar-refractivity contribution >= 4 is 61.0 Å². The number of ether oxygens (including phenoxy) is 1. The molecule has 12 nitrogen and oxygen atoms in total. The molecule has 7 heterocycles.